The summed E-state index contributed by atoms with van der Waals surface area (Å²) in [4.78, 5) is 27.2. The molecule has 0 aliphatic rings. The van der Waals surface area contributed by atoms with Crippen molar-refractivity contribution in [2.45, 2.75) is 40.8 Å². The zero-order valence-electron chi connectivity index (χ0n) is 18.5. The van der Waals surface area contributed by atoms with E-state index < -0.39 is 0 Å². The Balaban J connectivity index is 1.65. The van der Waals surface area contributed by atoms with Crippen LogP contribution in [-0.2, 0) is 13.1 Å². The molecule has 6 nitrogen and oxygen atoms in total. The summed E-state index contributed by atoms with van der Waals surface area (Å²) in [5.41, 5.74) is 4.11. The van der Waals surface area contributed by atoms with Crippen LogP contribution in [0.4, 0.5) is 0 Å². The monoisotopic (exact) mass is 419 g/mol. The highest BCUT2D eigenvalue weighted by molar-refractivity contribution is 5.94. The highest BCUT2D eigenvalue weighted by Crippen LogP contribution is 2.14. The second-order valence-corrected chi connectivity index (χ2v) is 8.29. The van der Waals surface area contributed by atoms with Gasteiger partial charge < -0.3 is 14.7 Å². The summed E-state index contributed by atoms with van der Waals surface area (Å²) < 4.78 is 5.37. The Labute approximate surface area is 183 Å². The van der Waals surface area contributed by atoms with E-state index in [0.717, 1.165) is 11.1 Å². The molecule has 1 heterocycles. The second kappa shape index (κ2) is 10.1. The maximum absolute atomic E-state index is 13.0. The number of aryl methyl sites for hydroxylation is 2. The number of nitrogens with one attached hydrogen (secondary N) is 1. The highest BCUT2D eigenvalue weighted by Gasteiger charge is 2.20. The van der Waals surface area contributed by atoms with Gasteiger partial charge in [0.15, 0.2) is 11.5 Å². The number of hydrogen-bond donors (Lipinski definition) is 1. The van der Waals surface area contributed by atoms with Crippen LogP contribution < -0.4 is 5.32 Å². The van der Waals surface area contributed by atoms with E-state index in [-0.39, 0.29) is 30.0 Å². The molecule has 0 saturated heterocycles. The average Bonchev–Trinajstić information content (AvgIpc) is 3.21. The quantitative estimate of drug-likeness (QED) is 0.582. The molecular formula is C25H29N3O3. The number of carbonyl (C=O) groups excluding carboxylic acids is 2. The topological polar surface area (TPSA) is 75.4 Å². The van der Waals surface area contributed by atoms with Crippen molar-refractivity contribution >= 4 is 11.8 Å². The van der Waals surface area contributed by atoms with Crippen LogP contribution in [0.3, 0.4) is 0 Å². The molecule has 0 saturated carbocycles. The van der Waals surface area contributed by atoms with Crippen LogP contribution in [-0.4, -0.2) is 28.4 Å². The van der Waals surface area contributed by atoms with E-state index in [2.05, 4.69) is 24.3 Å². The van der Waals surface area contributed by atoms with E-state index in [1.54, 1.807) is 11.0 Å². The molecule has 0 fully saturated rings. The molecule has 0 atom stereocenters. The van der Waals surface area contributed by atoms with E-state index in [4.69, 9.17) is 4.52 Å². The molecule has 0 radical (unpaired) electrons. The van der Waals surface area contributed by atoms with Gasteiger partial charge in [-0.3, -0.25) is 9.59 Å². The molecule has 2 amide bonds. The summed E-state index contributed by atoms with van der Waals surface area (Å²) in [7, 11) is 0. The lowest BCUT2D eigenvalue weighted by Gasteiger charge is -2.23. The summed E-state index contributed by atoms with van der Waals surface area (Å²) in [5, 5.41) is 6.74. The number of nitrogens with zero attached hydrogens (tertiary/aromatic N) is 2. The van der Waals surface area contributed by atoms with Crippen LogP contribution in [0.1, 0.15) is 57.1 Å². The summed E-state index contributed by atoms with van der Waals surface area (Å²) >= 11 is 0. The number of rotatable bonds is 8. The molecule has 6 heteroatoms. The molecule has 162 valence electrons. The van der Waals surface area contributed by atoms with Gasteiger partial charge in [-0.15, -0.1) is 0 Å². The first-order valence-corrected chi connectivity index (χ1v) is 10.5. The van der Waals surface area contributed by atoms with Crippen molar-refractivity contribution in [3.8, 4) is 0 Å². The van der Waals surface area contributed by atoms with Crippen LogP contribution in [0.25, 0.3) is 0 Å². The summed E-state index contributed by atoms with van der Waals surface area (Å²) in [5.74, 6) is 0.377. The third kappa shape index (κ3) is 6.28. The lowest BCUT2D eigenvalue weighted by Crippen LogP contribution is -2.33. The molecule has 0 bridgehead atoms. The van der Waals surface area contributed by atoms with Gasteiger partial charge in [0.1, 0.15) is 0 Å². The van der Waals surface area contributed by atoms with Crippen LogP contribution in [0, 0.1) is 19.8 Å². The Morgan fingerprint density at radius 1 is 1.00 bits per heavy atom. The van der Waals surface area contributed by atoms with Gasteiger partial charge >= 0.3 is 0 Å². The first kappa shape index (κ1) is 22.3. The van der Waals surface area contributed by atoms with Crippen molar-refractivity contribution in [3.05, 3.63) is 88.3 Å². The number of carbonyl (C=O) groups is 2. The van der Waals surface area contributed by atoms with Crippen molar-refractivity contribution in [2.75, 3.05) is 6.54 Å². The molecular weight excluding hydrogens is 390 g/mol. The molecule has 31 heavy (non-hydrogen) atoms. The molecule has 0 spiro atoms. The Bertz CT molecular complexity index is 1020. The van der Waals surface area contributed by atoms with Gasteiger partial charge in [-0.25, -0.2) is 0 Å². The zero-order chi connectivity index (χ0) is 22.4. The van der Waals surface area contributed by atoms with Crippen molar-refractivity contribution in [3.63, 3.8) is 0 Å². The SMILES string of the molecule is Cc1ccc(CNC(=O)c2cc(CN(CC(C)C)C(=O)c3ccc(C)cc3)on2)cc1. The van der Waals surface area contributed by atoms with Gasteiger partial charge in [0.25, 0.3) is 11.8 Å². The van der Waals surface area contributed by atoms with Crippen LogP contribution in [0.15, 0.2) is 59.1 Å². The number of amides is 2. The zero-order valence-corrected chi connectivity index (χ0v) is 18.5. The van der Waals surface area contributed by atoms with Gasteiger partial charge in [-0.1, -0.05) is 66.5 Å². The molecule has 0 aliphatic carbocycles. The van der Waals surface area contributed by atoms with Crippen LogP contribution in [0.2, 0.25) is 0 Å². The van der Waals surface area contributed by atoms with Crippen LogP contribution in [0.5, 0.6) is 0 Å². The highest BCUT2D eigenvalue weighted by atomic mass is 16.5. The van der Waals surface area contributed by atoms with E-state index in [0.29, 0.717) is 24.4 Å². The van der Waals surface area contributed by atoms with Crippen molar-refractivity contribution in [1.82, 2.24) is 15.4 Å². The molecule has 0 unspecified atom stereocenters. The number of benzene rings is 2. The summed E-state index contributed by atoms with van der Waals surface area (Å²) in [6, 6.07) is 17.1. The third-order valence-electron chi connectivity index (χ3n) is 4.88. The normalized spacial score (nSPS) is 10.9. The largest absolute Gasteiger partial charge is 0.359 e. The fourth-order valence-electron chi connectivity index (χ4n) is 3.20. The van der Waals surface area contributed by atoms with E-state index in [9.17, 15) is 9.59 Å². The van der Waals surface area contributed by atoms with Crippen molar-refractivity contribution < 1.29 is 14.1 Å². The Morgan fingerprint density at radius 3 is 2.23 bits per heavy atom. The van der Waals surface area contributed by atoms with Gasteiger partial charge in [0, 0.05) is 24.7 Å². The molecule has 1 aromatic heterocycles. The average molecular weight is 420 g/mol. The Kier molecular flexibility index (Phi) is 7.23. The van der Waals surface area contributed by atoms with Gasteiger partial charge in [-0.05, 0) is 37.5 Å². The number of aromatic nitrogens is 1. The lowest BCUT2D eigenvalue weighted by molar-refractivity contribution is 0.0705. The minimum atomic E-state index is -0.309. The molecule has 1 N–H and O–H groups in total. The van der Waals surface area contributed by atoms with E-state index in [1.807, 2.05) is 62.4 Å². The van der Waals surface area contributed by atoms with Gasteiger partial charge in [0.2, 0.25) is 0 Å². The maximum atomic E-state index is 13.0. The Morgan fingerprint density at radius 2 is 1.61 bits per heavy atom. The smallest absolute Gasteiger partial charge is 0.273 e. The van der Waals surface area contributed by atoms with Crippen LogP contribution >= 0.6 is 0 Å². The number of hydrogen-bond acceptors (Lipinski definition) is 4. The summed E-state index contributed by atoms with van der Waals surface area (Å²) in [6.45, 7) is 9.35. The predicted molar refractivity (Wildman–Crippen MR) is 120 cm³/mol. The Hall–Kier alpha value is -3.41. The van der Waals surface area contributed by atoms with Crippen molar-refractivity contribution in [2.24, 2.45) is 5.92 Å². The molecule has 3 rings (SSSR count). The molecule has 0 aliphatic heterocycles. The van der Waals surface area contributed by atoms with Gasteiger partial charge in [0.05, 0.1) is 6.54 Å². The lowest BCUT2D eigenvalue weighted by atomic mass is 10.1. The van der Waals surface area contributed by atoms with E-state index in [1.165, 1.54) is 5.56 Å². The second-order valence-electron chi connectivity index (χ2n) is 8.29. The van der Waals surface area contributed by atoms with Gasteiger partial charge in [-0.2, -0.15) is 0 Å². The third-order valence-corrected chi connectivity index (χ3v) is 4.88. The van der Waals surface area contributed by atoms with E-state index >= 15 is 0 Å². The fraction of sp³-hybridized carbons (Fsp3) is 0.320. The minimum Gasteiger partial charge on any atom is -0.359 e. The predicted octanol–water partition coefficient (Wildman–Crippen LogP) is 4.52. The molecule has 2 aromatic carbocycles. The maximum Gasteiger partial charge on any atom is 0.273 e. The standard InChI is InChI=1S/C25H29N3O3/c1-17(2)15-28(25(30)21-11-7-19(4)8-12-21)16-22-13-23(27-31-22)24(29)26-14-20-9-5-18(3)6-10-20/h5-13,17H,14-16H2,1-4H3,(H,26,29). The molecule has 3 aromatic rings. The first-order chi connectivity index (χ1) is 14.8. The van der Waals surface area contributed by atoms with Crippen molar-refractivity contribution in [1.29, 1.82) is 0 Å². The fourth-order valence-corrected chi connectivity index (χ4v) is 3.20. The first-order valence-electron chi connectivity index (χ1n) is 10.5. The summed E-state index contributed by atoms with van der Waals surface area (Å²) in [6.07, 6.45) is 0. The minimum absolute atomic E-state index is 0.0736.